The molecule has 0 unspecified atom stereocenters. The van der Waals surface area contributed by atoms with Gasteiger partial charge in [-0.3, -0.25) is 9.59 Å². The van der Waals surface area contributed by atoms with Crippen LogP contribution in [-0.4, -0.2) is 17.8 Å². The average Bonchev–Trinajstić information content (AvgIpc) is 3.44. The highest BCUT2D eigenvalue weighted by molar-refractivity contribution is 7.23. The summed E-state index contributed by atoms with van der Waals surface area (Å²) in [5.74, 6) is -0.692. The van der Waals surface area contributed by atoms with Gasteiger partial charge in [-0.15, -0.1) is 11.3 Å². The minimum absolute atomic E-state index is 0.0184. The highest BCUT2D eigenvalue weighted by Crippen LogP contribution is 2.38. The number of rotatable bonds is 5. The molecular formula is C20H18N4O3S. The van der Waals surface area contributed by atoms with E-state index in [1.807, 2.05) is 18.2 Å². The summed E-state index contributed by atoms with van der Waals surface area (Å²) in [6, 6.07) is 13.9. The lowest BCUT2D eigenvalue weighted by molar-refractivity contribution is -0.117. The van der Waals surface area contributed by atoms with Gasteiger partial charge in [0.1, 0.15) is 5.00 Å². The van der Waals surface area contributed by atoms with Crippen molar-refractivity contribution < 1.29 is 14.4 Å². The second-order valence-electron chi connectivity index (χ2n) is 6.59. The number of hydrogen-bond donors (Lipinski definition) is 4. The Morgan fingerprint density at radius 1 is 0.929 bits per heavy atom. The van der Waals surface area contributed by atoms with Crippen molar-refractivity contribution in [2.45, 2.75) is 12.8 Å². The number of amides is 4. The van der Waals surface area contributed by atoms with Crippen LogP contribution in [0.3, 0.4) is 0 Å². The van der Waals surface area contributed by atoms with Crippen LogP contribution in [0.25, 0.3) is 10.1 Å². The number of hydrogen-bond acceptors (Lipinski definition) is 4. The molecule has 0 bridgehead atoms. The topological polar surface area (TPSA) is 113 Å². The number of benzene rings is 2. The van der Waals surface area contributed by atoms with Crippen molar-refractivity contribution in [1.82, 2.24) is 0 Å². The molecule has 7 nitrogen and oxygen atoms in total. The van der Waals surface area contributed by atoms with Crippen LogP contribution in [0.2, 0.25) is 0 Å². The number of nitrogens with one attached hydrogen (secondary N) is 3. The summed E-state index contributed by atoms with van der Waals surface area (Å²) in [5, 5.41) is 9.34. The van der Waals surface area contributed by atoms with Gasteiger partial charge < -0.3 is 21.7 Å². The number of carbonyl (C=O) groups is 3. The third-order valence-electron chi connectivity index (χ3n) is 4.41. The molecule has 4 rings (SSSR count). The van der Waals surface area contributed by atoms with E-state index >= 15 is 0 Å². The van der Waals surface area contributed by atoms with E-state index in [2.05, 4.69) is 16.0 Å². The number of anilines is 3. The second-order valence-corrected chi connectivity index (χ2v) is 7.64. The normalized spacial score (nSPS) is 13.1. The average molecular weight is 394 g/mol. The molecule has 0 atom stereocenters. The molecule has 28 heavy (non-hydrogen) atoms. The zero-order valence-electron chi connectivity index (χ0n) is 14.8. The maximum Gasteiger partial charge on any atom is 0.323 e. The summed E-state index contributed by atoms with van der Waals surface area (Å²) >= 11 is 1.29. The molecule has 0 saturated heterocycles. The van der Waals surface area contributed by atoms with Crippen LogP contribution in [0.5, 0.6) is 0 Å². The Hall–Kier alpha value is -3.39. The van der Waals surface area contributed by atoms with Gasteiger partial charge in [0, 0.05) is 27.4 Å². The molecule has 4 amide bonds. The predicted molar refractivity (Wildman–Crippen MR) is 111 cm³/mol. The fourth-order valence-electron chi connectivity index (χ4n) is 2.88. The second kappa shape index (κ2) is 7.32. The molecule has 8 heteroatoms. The van der Waals surface area contributed by atoms with E-state index in [9.17, 15) is 14.4 Å². The Kier molecular flexibility index (Phi) is 4.70. The zero-order chi connectivity index (χ0) is 19.7. The molecule has 2 aromatic carbocycles. The van der Waals surface area contributed by atoms with Crippen LogP contribution in [0.4, 0.5) is 21.2 Å². The number of carbonyl (C=O) groups excluding carboxylic acids is 3. The standard InChI is InChI=1S/C20H18N4O3S/c21-17(25)16-14-10-13(23-20(27)22-12-4-2-1-3-5-12)8-9-15(14)28-19(16)24-18(26)11-6-7-11/h1-5,8-11H,6-7H2,(H2,21,25)(H,24,26)(H2,22,23,27). The van der Waals surface area contributed by atoms with Crippen molar-refractivity contribution >= 4 is 55.6 Å². The lowest BCUT2D eigenvalue weighted by Crippen LogP contribution is -2.19. The molecule has 1 fully saturated rings. The predicted octanol–water partition coefficient (Wildman–Crippen LogP) is 3.99. The molecule has 1 heterocycles. The maximum absolute atomic E-state index is 12.2. The molecule has 3 aromatic rings. The molecule has 1 aromatic heterocycles. The van der Waals surface area contributed by atoms with Gasteiger partial charge in [-0.25, -0.2) is 4.79 Å². The summed E-state index contributed by atoms with van der Waals surface area (Å²) in [4.78, 5) is 36.3. The third-order valence-corrected chi connectivity index (χ3v) is 5.50. The molecule has 1 aliphatic carbocycles. The fourth-order valence-corrected chi connectivity index (χ4v) is 3.97. The largest absolute Gasteiger partial charge is 0.365 e. The lowest BCUT2D eigenvalue weighted by Gasteiger charge is -2.08. The van der Waals surface area contributed by atoms with Crippen molar-refractivity contribution in [1.29, 1.82) is 0 Å². The first-order valence-electron chi connectivity index (χ1n) is 8.81. The molecule has 142 valence electrons. The van der Waals surface area contributed by atoms with Gasteiger partial charge >= 0.3 is 6.03 Å². The quantitative estimate of drug-likeness (QED) is 0.524. The van der Waals surface area contributed by atoms with Crippen LogP contribution >= 0.6 is 11.3 Å². The Morgan fingerprint density at radius 3 is 2.32 bits per heavy atom. The lowest BCUT2D eigenvalue weighted by atomic mass is 10.1. The molecule has 0 aliphatic heterocycles. The minimum Gasteiger partial charge on any atom is -0.365 e. The number of urea groups is 1. The monoisotopic (exact) mass is 394 g/mol. The molecule has 1 saturated carbocycles. The maximum atomic E-state index is 12.2. The fraction of sp³-hybridized carbons (Fsp3) is 0.150. The van der Waals surface area contributed by atoms with Crippen LogP contribution in [0, 0.1) is 5.92 Å². The molecule has 0 radical (unpaired) electrons. The first kappa shape index (κ1) is 18.0. The van der Waals surface area contributed by atoms with Gasteiger partial charge in [-0.1, -0.05) is 18.2 Å². The number of primary amides is 1. The van der Waals surface area contributed by atoms with Gasteiger partial charge in [0.05, 0.1) is 5.56 Å². The first-order valence-corrected chi connectivity index (χ1v) is 9.63. The van der Waals surface area contributed by atoms with Gasteiger partial charge in [0.2, 0.25) is 5.91 Å². The van der Waals surface area contributed by atoms with E-state index in [-0.39, 0.29) is 17.4 Å². The van der Waals surface area contributed by atoms with E-state index in [1.54, 1.807) is 30.3 Å². The Bertz CT molecular complexity index is 1070. The van der Waals surface area contributed by atoms with Gasteiger partial charge in [-0.05, 0) is 43.2 Å². The summed E-state index contributed by atoms with van der Waals surface area (Å²) in [5.41, 5.74) is 7.01. The summed E-state index contributed by atoms with van der Waals surface area (Å²) in [6.07, 6.45) is 1.74. The number of fused-ring (bicyclic) bond motifs is 1. The molecule has 1 aliphatic rings. The van der Waals surface area contributed by atoms with E-state index in [0.29, 0.717) is 21.8 Å². The first-order chi connectivity index (χ1) is 13.5. The number of thiophene rings is 1. The van der Waals surface area contributed by atoms with Crippen molar-refractivity contribution in [3.05, 3.63) is 54.1 Å². The number of para-hydroxylation sites is 1. The Labute approximate surface area is 164 Å². The summed E-state index contributed by atoms with van der Waals surface area (Å²) in [7, 11) is 0. The molecule has 0 spiro atoms. The van der Waals surface area contributed by atoms with E-state index in [0.717, 1.165) is 17.5 Å². The third kappa shape index (κ3) is 3.81. The summed E-state index contributed by atoms with van der Waals surface area (Å²) < 4.78 is 0.800. The van der Waals surface area contributed by atoms with Crippen molar-refractivity contribution in [2.75, 3.05) is 16.0 Å². The Morgan fingerprint density at radius 2 is 1.64 bits per heavy atom. The SMILES string of the molecule is NC(=O)c1c(NC(=O)C2CC2)sc2ccc(NC(=O)Nc3ccccc3)cc12. The van der Waals surface area contributed by atoms with E-state index in [4.69, 9.17) is 5.73 Å². The van der Waals surface area contributed by atoms with E-state index < -0.39 is 11.9 Å². The van der Waals surface area contributed by atoms with Gasteiger partial charge in [-0.2, -0.15) is 0 Å². The van der Waals surface area contributed by atoms with Crippen LogP contribution in [0.1, 0.15) is 23.2 Å². The van der Waals surface area contributed by atoms with Crippen molar-refractivity contribution in [2.24, 2.45) is 11.7 Å². The Balaban J connectivity index is 1.58. The van der Waals surface area contributed by atoms with Crippen LogP contribution in [0.15, 0.2) is 48.5 Å². The van der Waals surface area contributed by atoms with E-state index in [1.165, 1.54) is 11.3 Å². The van der Waals surface area contributed by atoms with Gasteiger partial charge in [0.25, 0.3) is 5.91 Å². The van der Waals surface area contributed by atoms with Crippen LogP contribution in [-0.2, 0) is 4.79 Å². The number of nitrogens with two attached hydrogens (primary N) is 1. The summed E-state index contributed by atoms with van der Waals surface area (Å²) in [6.45, 7) is 0. The van der Waals surface area contributed by atoms with Crippen LogP contribution < -0.4 is 21.7 Å². The highest BCUT2D eigenvalue weighted by atomic mass is 32.1. The smallest absolute Gasteiger partial charge is 0.323 e. The van der Waals surface area contributed by atoms with Gasteiger partial charge in [0.15, 0.2) is 0 Å². The minimum atomic E-state index is -0.622. The van der Waals surface area contributed by atoms with Crippen molar-refractivity contribution in [3.8, 4) is 0 Å². The highest BCUT2D eigenvalue weighted by Gasteiger charge is 2.31. The van der Waals surface area contributed by atoms with Crippen molar-refractivity contribution in [3.63, 3.8) is 0 Å². The molecular weight excluding hydrogens is 376 g/mol. The molecule has 5 N–H and O–H groups in total. The zero-order valence-corrected chi connectivity index (χ0v) is 15.6.